The lowest BCUT2D eigenvalue weighted by atomic mass is 10.5. The average molecular weight is 212 g/mol. The average Bonchev–Trinajstić information content (AvgIpc) is 3.03. The van der Waals surface area contributed by atoms with Crippen LogP contribution >= 0.6 is 0 Å². The van der Waals surface area contributed by atoms with E-state index in [1.54, 1.807) is 34.2 Å². The first-order valence-electron chi connectivity index (χ1n) is 4.76. The van der Waals surface area contributed by atoms with Crippen molar-refractivity contribution in [1.82, 2.24) is 29.5 Å². The number of aromatic nitrogens is 6. The minimum Gasteiger partial charge on any atom is -0.232 e. The summed E-state index contributed by atoms with van der Waals surface area (Å²) in [7, 11) is 0. The van der Waals surface area contributed by atoms with Gasteiger partial charge in [-0.2, -0.15) is 10.2 Å². The van der Waals surface area contributed by atoms with Gasteiger partial charge in [-0.15, -0.1) is 0 Å². The summed E-state index contributed by atoms with van der Waals surface area (Å²) in [5.41, 5.74) is 0. The van der Waals surface area contributed by atoms with Crippen molar-refractivity contribution in [2.24, 2.45) is 0 Å². The van der Waals surface area contributed by atoms with Gasteiger partial charge in [0.25, 0.3) is 0 Å². The molecule has 0 fully saturated rings. The lowest BCUT2D eigenvalue weighted by molar-refractivity contribution is 0.775. The van der Waals surface area contributed by atoms with Gasteiger partial charge in [-0.3, -0.25) is 0 Å². The smallest absolute Gasteiger partial charge is 0.198 e. The molecule has 0 atom stereocenters. The Balaban J connectivity index is 2.19. The molecular formula is C10H8N6. The first kappa shape index (κ1) is 8.78. The summed E-state index contributed by atoms with van der Waals surface area (Å²) in [6, 6.07) is 3.67. The fourth-order valence-electron chi connectivity index (χ4n) is 1.43. The normalized spacial score (nSPS) is 10.5. The molecule has 0 N–H and O–H groups in total. The SMILES string of the molecule is c1cnn(-c2nccnc2-n2cccn2)c1. The summed E-state index contributed by atoms with van der Waals surface area (Å²) in [5, 5.41) is 8.26. The number of nitrogens with zero attached hydrogens (tertiary/aromatic N) is 6. The van der Waals surface area contributed by atoms with E-state index in [1.807, 2.05) is 24.5 Å². The Morgan fingerprint density at radius 2 is 1.19 bits per heavy atom. The van der Waals surface area contributed by atoms with Crippen LogP contribution in [0.3, 0.4) is 0 Å². The van der Waals surface area contributed by atoms with Gasteiger partial charge < -0.3 is 0 Å². The highest BCUT2D eigenvalue weighted by Gasteiger charge is 2.09. The van der Waals surface area contributed by atoms with Gasteiger partial charge in [-0.05, 0) is 12.1 Å². The first-order chi connectivity index (χ1) is 7.95. The highest BCUT2D eigenvalue weighted by Crippen LogP contribution is 2.10. The maximum absolute atomic E-state index is 4.25. The summed E-state index contributed by atoms with van der Waals surface area (Å²) in [6.45, 7) is 0. The fraction of sp³-hybridized carbons (Fsp3) is 0. The third-order valence-corrected chi connectivity index (χ3v) is 2.10. The summed E-state index contributed by atoms with van der Waals surface area (Å²) >= 11 is 0. The van der Waals surface area contributed by atoms with Crippen molar-refractivity contribution >= 4 is 0 Å². The summed E-state index contributed by atoms with van der Waals surface area (Å²) in [6.07, 6.45) is 10.3. The molecule has 0 aromatic carbocycles. The van der Waals surface area contributed by atoms with Gasteiger partial charge >= 0.3 is 0 Å². The number of hydrogen-bond donors (Lipinski definition) is 0. The second-order valence-electron chi connectivity index (χ2n) is 3.10. The first-order valence-corrected chi connectivity index (χ1v) is 4.76. The predicted molar refractivity (Wildman–Crippen MR) is 56.3 cm³/mol. The summed E-state index contributed by atoms with van der Waals surface area (Å²) in [5.74, 6) is 1.30. The molecule has 0 aliphatic rings. The molecule has 0 amide bonds. The van der Waals surface area contributed by atoms with Crippen LogP contribution in [0.4, 0.5) is 0 Å². The van der Waals surface area contributed by atoms with Crippen LogP contribution in [-0.2, 0) is 0 Å². The van der Waals surface area contributed by atoms with E-state index in [0.29, 0.717) is 11.6 Å². The zero-order chi connectivity index (χ0) is 10.8. The molecule has 16 heavy (non-hydrogen) atoms. The second-order valence-corrected chi connectivity index (χ2v) is 3.10. The fourth-order valence-corrected chi connectivity index (χ4v) is 1.43. The zero-order valence-electron chi connectivity index (χ0n) is 8.30. The van der Waals surface area contributed by atoms with E-state index < -0.39 is 0 Å². The molecule has 3 heterocycles. The van der Waals surface area contributed by atoms with Crippen LogP contribution in [0, 0.1) is 0 Å². The van der Waals surface area contributed by atoms with E-state index in [9.17, 15) is 0 Å². The van der Waals surface area contributed by atoms with Crippen LogP contribution in [0.15, 0.2) is 49.3 Å². The lowest BCUT2D eigenvalue weighted by Gasteiger charge is -2.06. The molecule has 0 saturated heterocycles. The van der Waals surface area contributed by atoms with Crippen LogP contribution < -0.4 is 0 Å². The minimum absolute atomic E-state index is 0.649. The summed E-state index contributed by atoms with van der Waals surface area (Å²) in [4.78, 5) is 8.51. The third kappa shape index (κ3) is 1.36. The molecule has 0 unspecified atom stereocenters. The second kappa shape index (κ2) is 3.58. The molecule has 78 valence electrons. The van der Waals surface area contributed by atoms with E-state index in [1.165, 1.54) is 0 Å². The van der Waals surface area contributed by atoms with Crippen molar-refractivity contribution in [2.45, 2.75) is 0 Å². The van der Waals surface area contributed by atoms with Gasteiger partial charge in [0.15, 0.2) is 11.6 Å². The molecule has 0 radical (unpaired) electrons. The van der Waals surface area contributed by atoms with E-state index >= 15 is 0 Å². The van der Waals surface area contributed by atoms with E-state index in [-0.39, 0.29) is 0 Å². The van der Waals surface area contributed by atoms with E-state index in [4.69, 9.17) is 0 Å². The highest BCUT2D eigenvalue weighted by molar-refractivity contribution is 5.38. The standard InChI is InChI=1S/C10H8N6/c1-3-13-15(7-1)9-10(12-6-5-11-9)16-8-2-4-14-16/h1-8H. The van der Waals surface area contributed by atoms with Gasteiger partial charge in [-0.1, -0.05) is 0 Å². The predicted octanol–water partition coefficient (Wildman–Crippen LogP) is 0.848. The van der Waals surface area contributed by atoms with Gasteiger partial charge in [0.2, 0.25) is 0 Å². The Morgan fingerprint density at radius 3 is 1.56 bits per heavy atom. The Hall–Kier alpha value is -2.50. The largest absolute Gasteiger partial charge is 0.232 e. The maximum atomic E-state index is 4.25. The summed E-state index contributed by atoms with van der Waals surface area (Å²) < 4.78 is 3.31. The molecule has 0 saturated carbocycles. The van der Waals surface area contributed by atoms with Gasteiger partial charge in [0.1, 0.15) is 0 Å². The number of hydrogen-bond acceptors (Lipinski definition) is 4. The quantitative estimate of drug-likeness (QED) is 0.631. The molecule has 3 rings (SSSR count). The van der Waals surface area contributed by atoms with Crippen LogP contribution in [0.25, 0.3) is 11.6 Å². The molecule has 0 aliphatic carbocycles. The van der Waals surface area contributed by atoms with E-state index in [2.05, 4.69) is 20.2 Å². The molecule has 0 aliphatic heterocycles. The number of rotatable bonds is 2. The lowest BCUT2D eigenvalue weighted by Crippen LogP contribution is -2.08. The zero-order valence-corrected chi connectivity index (χ0v) is 8.30. The van der Waals surface area contributed by atoms with Crippen molar-refractivity contribution in [2.75, 3.05) is 0 Å². The molecule has 0 bridgehead atoms. The molecule has 3 aromatic heterocycles. The molecule has 6 nitrogen and oxygen atoms in total. The van der Waals surface area contributed by atoms with Gasteiger partial charge in [0.05, 0.1) is 0 Å². The van der Waals surface area contributed by atoms with Crippen molar-refractivity contribution in [1.29, 1.82) is 0 Å². The monoisotopic (exact) mass is 212 g/mol. The van der Waals surface area contributed by atoms with Crippen molar-refractivity contribution in [3.63, 3.8) is 0 Å². The van der Waals surface area contributed by atoms with Crippen LogP contribution in [-0.4, -0.2) is 29.5 Å². The minimum atomic E-state index is 0.649. The molecule has 6 heteroatoms. The van der Waals surface area contributed by atoms with Crippen molar-refractivity contribution in [3.05, 3.63) is 49.3 Å². The van der Waals surface area contributed by atoms with Gasteiger partial charge in [-0.25, -0.2) is 19.3 Å². The Morgan fingerprint density at radius 1 is 0.688 bits per heavy atom. The maximum Gasteiger partial charge on any atom is 0.198 e. The van der Waals surface area contributed by atoms with Crippen LogP contribution in [0.1, 0.15) is 0 Å². The van der Waals surface area contributed by atoms with Crippen molar-refractivity contribution < 1.29 is 0 Å². The topological polar surface area (TPSA) is 61.4 Å². The van der Waals surface area contributed by atoms with Gasteiger partial charge in [0, 0.05) is 37.2 Å². The van der Waals surface area contributed by atoms with E-state index in [0.717, 1.165) is 0 Å². The Kier molecular flexibility index (Phi) is 1.96. The Bertz CT molecular complexity index is 516. The van der Waals surface area contributed by atoms with Crippen LogP contribution in [0.2, 0.25) is 0 Å². The highest BCUT2D eigenvalue weighted by atomic mass is 15.4. The van der Waals surface area contributed by atoms with Crippen molar-refractivity contribution in [3.8, 4) is 11.6 Å². The third-order valence-electron chi connectivity index (χ3n) is 2.10. The molecular weight excluding hydrogens is 204 g/mol. The molecule has 3 aromatic rings. The Labute approximate surface area is 91.2 Å². The molecule has 0 spiro atoms. The van der Waals surface area contributed by atoms with Crippen LogP contribution in [0.5, 0.6) is 0 Å².